The molecule has 3 aromatic heterocycles. The van der Waals surface area contributed by atoms with E-state index in [1.165, 1.54) is 0 Å². The molecular formula is C13H13BrN6O. The summed E-state index contributed by atoms with van der Waals surface area (Å²) in [6.07, 6.45) is 7.04. The number of nitrogens with one attached hydrogen (secondary N) is 1. The fraction of sp³-hybridized carbons (Fsp3) is 0.231. The summed E-state index contributed by atoms with van der Waals surface area (Å²) in [6, 6.07) is 1.76. The number of carbonyl (C=O) groups excluding carboxylic acids is 1. The molecule has 3 heterocycles. The average Bonchev–Trinajstić information content (AvgIpc) is 3.10. The molecule has 0 radical (unpaired) electrons. The second-order valence-electron chi connectivity index (χ2n) is 4.44. The molecule has 0 spiro atoms. The minimum absolute atomic E-state index is 0.253. The molecule has 0 unspecified atom stereocenters. The van der Waals surface area contributed by atoms with Gasteiger partial charge in [0, 0.05) is 37.2 Å². The molecule has 8 heteroatoms. The Kier molecular flexibility index (Phi) is 3.70. The SMILES string of the molecule is CCn1cc(CNC(=O)c2nn3cccnc3c2Br)cn1. The number of hydrogen-bond acceptors (Lipinski definition) is 4. The van der Waals surface area contributed by atoms with E-state index < -0.39 is 0 Å². The number of aromatic nitrogens is 5. The third-order valence-corrected chi connectivity index (χ3v) is 3.75. The van der Waals surface area contributed by atoms with Crippen molar-refractivity contribution in [2.45, 2.75) is 20.0 Å². The van der Waals surface area contributed by atoms with Crippen LogP contribution in [0.1, 0.15) is 23.0 Å². The fourth-order valence-electron chi connectivity index (χ4n) is 1.94. The molecule has 1 amide bonds. The molecule has 108 valence electrons. The zero-order chi connectivity index (χ0) is 14.8. The molecule has 0 saturated carbocycles. The molecule has 0 aromatic carbocycles. The standard InChI is InChI=1S/C13H13BrN6O/c1-2-19-8-9(7-17-19)6-16-13(21)11-10(14)12-15-4-3-5-20(12)18-11/h3-5,7-8H,2,6H2,1H3,(H,16,21). The summed E-state index contributed by atoms with van der Waals surface area (Å²) in [6.45, 7) is 3.22. The van der Waals surface area contributed by atoms with Crippen LogP contribution in [-0.4, -0.2) is 30.3 Å². The maximum absolute atomic E-state index is 12.2. The summed E-state index contributed by atoms with van der Waals surface area (Å²) in [5, 5.41) is 11.2. The molecule has 21 heavy (non-hydrogen) atoms. The van der Waals surface area contributed by atoms with Gasteiger partial charge in [-0.05, 0) is 28.9 Å². The molecule has 0 aliphatic carbocycles. The van der Waals surface area contributed by atoms with Gasteiger partial charge in [-0.3, -0.25) is 9.48 Å². The summed E-state index contributed by atoms with van der Waals surface area (Å²) in [5.74, 6) is -0.253. The highest BCUT2D eigenvalue weighted by Crippen LogP contribution is 2.20. The molecule has 0 fully saturated rings. The Labute approximate surface area is 129 Å². The van der Waals surface area contributed by atoms with Crippen LogP contribution in [0.3, 0.4) is 0 Å². The maximum Gasteiger partial charge on any atom is 0.273 e. The lowest BCUT2D eigenvalue weighted by molar-refractivity contribution is 0.0945. The van der Waals surface area contributed by atoms with Crippen LogP contribution in [0, 0.1) is 0 Å². The van der Waals surface area contributed by atoms with Crippen LogP contribution >= 0.6 is 15.9 Å². The minimum Gasteiger partial charge on any atom is -0.346 e. The van der Waals surface area contributed by atoms with Gasteiger partial charge in [-0.25, -0.2) is 9.50 Å². The van der Waals surface area contributed by atoms with Crippen molar-refractivity contribution < 1.29 is 4.79 Å². The second-order valence-corrected chi connectivity index (χ2v) is 5.23. The second kappa shape index (κ2) is 5.65. The van der Waals surface area contributed by atoms with Gasteiger partial charge in [-0.2, -0.15) is 10.2 Å². The Bertz CT molecular complexity index is 793. The lowest BCUT2D eigenvalue weighted by atomic mass is 10.3. The van der Waals surface area contributed by atoms with Crippen LogP contribution < -0.4 is 5.32 Å². The van der Waals surface area contributed by atoms with Crippen molar-refractivity contribution in [3.63, 3.8) is 0 Å². The van der Waals surface area contributed by atoms with Crippen LogP contribution in [0.4, 0.5) is 0 Å². The van der Waals surface area contributed by atoms with E-state index in [1.54, 1.807) is 29.2 Å². The van der Waals surface area contributed by atoms with Gasteiger partial charge < -0.3 is 5.32 Å². The number of rotatable bonds is 4. The third-order valence-electron chi connectivity index (χ3n) is 3.02. The zero-order valence-corrected chi connectivity index (χ0v) is 12.9. The van der Waals surface area contributed by atoms with Crippen molar-refractivity contribution >= 4 is 27.5 Å². The molecule has 3 aromatic rings. The number of halogens is 1. The predicted molar refractivity (Wildman–Crippen MR) is 79.8 cm³/mol. The molecule has 1 N–H and O–H groups in total. The number of nitrogens with zero attached hydrogens (tertiary/aromatic N) is 5. The van der Waals surface area contributed by atoms with Crippen molar-refractivity contribution in [3.05, 3.63) is 46.6 Å². The van der Waals surface area contributed by atoms with E-state index in [0.717, 1.165) is 12.1 Å². The van der Waals surface area contributed by atoms with E-state index >= 15 is 0 Å². The minimum atomic E-state index is -0.253. The van der Waals surface area contributed by atoms with Gasteiger partial charge in [-0.15, -0.1) is 0 Å². The van der Waals surface area contributed by atoms with E-state index in [0.29, 0.717) is 22.4 Å². The summed E-state index contributed by atoms with van der Waals surface area (Å²) in [7, 11) is 0. The van der Waals surface area contributed by atoms with Gasteiger partial charge in [0.05, 0.1) is 10.7 Å². The van der Waals surface area contributed by atoms with Gasteiger partial charge in [0.25, 0.3) is 5.91 Å². The van der Waals surface area contributed by atoms with Gasteiger partial charge in [0.15, 0.2) is 11.3 Å². The topological polar surface area (TPSA) is 77.1 Å². The first kappa shape index (κ1) is 13.7. The monoisotopic (exact) mass is 348 g/mol. The Morgan fingerprint density at radius 2 is 2.33 bits per heavy atom. The van der Waals surface area contributed by atoms with E-state index in [4.69, 9.17) is 0 Å². The van der Waals surface area contributed by atoms with Gasteiger partial charge in [0.2, 0.25) is 0 Å². The van der Waals surface area contributed by atoms with E-state index in [-0.39, 0.29) is 5.91 Å². The summed E-state index contributed by atoms with van der Waals surface area (Å²) >= 11 is 3.37. The number of fused-ring (bicyclic) bond motifs is 1. The van der Waals surface area contributed by atoms with Crippen LogP contribution in [-0.2, 0) is 13.1 Å². The first-order valence-electron chi connectivity index (χ1n) is 6.47. The third kappa shape index (κ3) is 2.66. The first-order chi connectivity index (χ1) is 10.2. The van der Waals surface area contributed by atoms with Crippen LogP contribution in [0.15, 0.2) is 35.3 Å². The zero-order valence-electron chi connectivity index (χ0n) is 11.3. The predicted octanol–water partition coefficient (Wildman–Crippen LogP) is 1.64. The van der Waals surface area contributed by atoms with Gasteiger partial charge in [-0.1, -0.05) is 0 Å². The lowest BCUT2D eigenvalue weighted by Gasteiger charge is -2.00. The average molecular weight is 349 g/mol. The fourth-order valence-corrected chi connectivity index (χ4v) is 2.48. The molecular weight excluding hydrogens is 336 g/mol. The largest absolute Gasteiger partial charge is 0.346 e. The van der Waals surface area contributed by atoms with Crippen molar-refractivity contribution in [2.24, 2.45) is 0 Å². The number of hydrogen-bond donors (Lipinski definition) is 1. The van der Waals surface area contributed by atoms with Gasteiger partial charge in [0.1, 0.15) is 0 Å². The Balaban J connectivity index is 1.76. The highest BCUT2D eigenvalue weighted by molar-refractivity contribution is 9.10. The highest BCUT2D eigenvalue weighted by Gasteiger charge is 2.18. The molecule has 7 nitrogen and oxygen atoms in total. The Hall–Kier alpha value is -2.22. The summed E-state index contributed by atoms with van der Waals surface area (Å²) in [5.41, 5.74) is 1.88. The summed E-state index contributed by atoms with van der Waals surface area (Å²) < 4.78 is 3.96. The normalized spacial score (nSPS) is 11.0. The Morgan fingerprint density at radius 3 is 3.05 bits per heavy atom. The lowest BCUT2D eigenvalue weighted by Crippen LogP contribution is -2.23. The molecule has 0 bridgehead atoms. The van der Waals surface area contributed by atoms with Crippen molar-refractivity contribution in [1.82, 2.24) is 29.7 Å². The van der Waals surface area contributed by atoms with E-state index in [2.05, 4.69) is 36.4 Å². The molecule has 0 saturated heterocycles. The number of amides is 1. The number of aryl methyl sites for hydroxylation is 1. The van der Waals surface area contributed by atoms with E-state index in [9.17, 15) is 4.79 Å². The van der Waals surface area contributed by atoms with Crippen LogP contribution in [0.2, 0.25) is 0 Å². The smallest absolute Gasteiger partial charge is 0.273 e. The maximum atomic E-state index is 12.2. The summed E-state index contributed by atoms with van der Waals surface area (Å²) in [4.78, 5) is 16.4. The first-order valence-corrected chi connectivity index (χ1v) is 7.26. The number of carbonyl (C=O) groups is 1. The van der Waals surface area contributed by atoms with Crippen LogP contribution in [0.25, 0.3) is 5.65 Å². The quantitative estimate of drug-likeness (QED) is 0.777. The molecule has 0 aliphatic rings. The van der Waals surface area contributed by atoms with Crippen LogP contribution in [0.5, 0.6) is 0 Å². The Morgan fingerprint density at radius 1 is 1.48 bits per heavy atom. The highest BCUT2D eigenvalue weighted by atomic mass is 79.9. The van der Waals surface area contributed by atoms with E-state index in [1.807, 2.05) is 17.8 Å². The molecule has 0 aliphatic heterocycles. The van der Waals surface area contributed by atoms with Crippen molar-refractivity contribution in [1.29, 1.82) is 0 Å². The van der Waals surface area contributed by atoms with Gasteiger partial charge >= 0.3 is 0 Å². The molecule has 0 atom stereocenters. The molecule has 3 rings (SSSR count). The van der Waals surface area contributed by atoms with Crippen molar-refractivity contribution in [2.75, 3.05) is 0 Å². The van der Waals surface area contributed by atoms with Crippen molar-refractivity contribution in [3.8, 4) is 0 Å².